The minimum Gasteiger partial charge on any atom is -0.460 e. The number of ether oxygens (including phenoxy) is 1. The summed E-state index contributed by atoms with van der Waals surface area (Å²) in [7, 11) is -3.89. The van der Waals surface area contributed by atoms with Crippen LogP contribution < -0.4 is 0 Å². The quantitative estimate of drug-likeness (QED) is 0.253. The smallest absolute Gasteiger partial charge is 0.460 e. The van der Waals surface area contributed by atoms with Gasteiger partial charge >= 0.3 is 14.8 Å². The standard InChI is InChI=1S/C9H18O5Si/c1-3-9(10)14-8(2)6-4-5-7-15(11,12)13/h3,8,11-13H,1,4-7H2,2H3. The van der Waals surface area contributed by atoms with E-state index in [9.17, 15) is 4.79 Å². The van der Waals surface area contributed by atoms with Crippen LogP contribution in [0, 0.1) is 0 Å². The summed E-state index contributed by atoms with van der Waals surface area (Å²) in [5.41, 5.74) is 0. The van der Waals surface area contributed by atoms with E-state index in [4.69, 9.17) is 19.1 Å². The number of esters is 1. The van der Waals surface area contributed by atoms with Crippen LogP contribution >= 0.6 is 0 Å². The zero-order chi connectivity index (χ0) is 11.9. The van der Waals surface area contributed by atoms with Gasteiger partial charge in [-0.15, -0.1) is 0 Å². The first-order valence-corrected chi connectivity index (χ1v) is 6.90. The lowest BCUT2D eigenvalue weighted by atomic mass is 10.2. The third kappa shape index (κ3) is 9.61. The predicted octanol–water partition coefficient (Wildman–Crippen LogP) is 0.190. The normalized spacial score (nSPS) is 13.3. The lowest BCUT2D eigenvalue weighted by Crippen LogP contribution is -2.34. The highest BCUT2D eigenvalue weighted by Gasteiger charge is 2.25. The highest BCUT2D eigenvalue weighted by molar-refractivity contribution is 6.56. The van der Waals surface area contributed by atoms with Crippen molar-refractivity contribution >= 4 is 14.8 Å². The van der Waals surface area contributed by atoms with Gasteiger partial charge in [-0.25, -0.2) is 4.79 Å². The van der Waals surface area contributed by atoms with Crippen molar-refractivity contribution in [2.75, 3.05) is 0 Å². The predicted molar refractivity (Wildman–Crippen MR) is 56.8 cm³/mol. The van der Waals surface area contributed by atoms with E-state index in [-0.39, 0.29) is 12.1 Å². The molecule has 0 aliphatic heterocycles. The van der Waals surface area contributed by atoms with Crippen LogP contribution in [0.2, 0.25) is 6.04 Å². The number of hydrogen-bond donors (Lipinski definition) is 3. The highest BCUT2D eigenvalue weighted by atomic mass is 28.4. The van der Waals surface area contributed by atoms with Crippen molar-refractivity contribution in [2.45, 2.75) is 38.3 Å². The molecule has 1 unspecified atom stereocenters. The summed E-state index contributed by atoms with van der Waals surface area (Å²) in [4.78, 5) is 36.9. The van der Waals surface area contributed by atoms with E-state index in [1.54, 1.807) is 6.92 Å². The zero-order valence-corrected chi connectivity index (χ0v) is 9.85. The Morgan fingerprint density at radius 3 is 2.53 bits per heavy atom. The van der Waals surface area contributed by atoms with Crippen LogP contribution in [0.15, 0.2) is 12.7 Å². The molecule has 6 heteroatoms. The molecule has 88 valence electrons. The van der Waals surface area contributed by atoms with Gasteiger partial charge in [0.2, 0.25) is 0 Å². The Hall–Kier alpha value is -0.693. The molecule has 0 amide bonds. The molecule has 0 bridgehead atoms. The molecule has 0 saturated heterocycles. The van der Waals surface area contributed by atoms with Gasteiger partial charge in [-0.3, -0.25) is 0 Å². The zero-order valence-electron chi connectivity index (χ0n) is 8.85. The van der Waals surface area contributed by atoms with Crippen LogP contribution in [0.3, 0.4) is 0 Å². The van der Waals surface area contributed by atoms with Crippen molar-refractivity contribution in [3.8, 4) is 0 Å². The van der Waals surface area contributed by atoms with Gasteiger partial charge in [-0.2, -0.15) is 0 Å². The van der Waals surface area contributed by atoms with Gasteiger partial charge in [0.05, 0.1) is 6.10 Å². The van der Waals surface area contributed by atoms with E-state index in [2.05, 4.69) is 6.58 Å². The molecule has 0 aromatic carbocycles. The van der Waals surface area contributed by atoms with E-state index in [0.717, 1.165) is 6.08 Å². The molecule has 3 N–H and O–H groups in total. The maximum atomic E-state index is 10.8. The van der Waals surface area contributed by atoms with Crippen LogP contribution in [0.5, 0.6) is 0 Å². The Morgan fingerprint density at radius 1 is 1.47 bits per heavy atom. The minimum atomic E-state index is -3.89. The molecule has 1 atom stereocenters. The van der Waals surface area contributed by atoms with Crippen molar-refractivity contribution < 1.29 is 23.9 Å². The summed E-state index contributed by atoms with van der Waals surface area (Å²) in [6.45, 7) is 5.03. The van der Waals surface area contributed by atoms with Crippen LogP contribution in [0.1, 0.15) is 26.2 Å². The molecule has 0 radical (unpaired) electrons. The summed E-state index contributed by atoms with van der Waals surface area (Å²) in [6, 6.07) is 0.0229. The van der Waals surface area contributed by atoms with E-state index in [0.29, 0.717) is 19.3 Å². The summed E-state index contributed by atoms with van der Waals surface area (Å²) in [5, 5.41) is 0. The molecule has 0 saturated carbocycles. The number of carbonyl (C=O) groups excluding carboxylic acids is 1. The molecular weight excluding hydrogens is 216 g/mol. The molecule has 0 rings (SSSR count). The summed E-state index contributed by atoms with van der Waals surface area (Å²) < 4.78 is 4.90. The maximum Gasteiger partial charge on any atom is 0.492 e. The Bertz CT molecular complexity index is 211. The van der Waals surface area contributed by atoms with Crippen molar-refractivity contribution in [1.82, 2.24) is 0 Å². The summed E-state index contributed by atoms with van der Waals surface area (Å²) in [6.07, 6.45) is 2.68. The molecule has 15 heavy (non-hydrogen) atoms. The Balaban J connectivity index is 3.51. The van der Waals surface area contributed by atoms with Gasteiger partial charge in [0.15, 0.2) is 0 Å². The maximum absolute atomic E-state index is 10.8. The SMILES string of the molecule is C=CC(=O)OC(C)CCCC[Si](O)(O)O. The summed E-state index contributed by atoms with van der Waals surface area (Å²) in [5.74, 6) is -0.460. The molecular formula is C9H18O5Si. The summed E-state index contributed by atoms with van der Waals surface area (Å²) >= 11 is 0. The van der Waals surface area contributed by atoms with Crippen LogP contribution in [0.4, 0.5) is 0 Å². The Labute approximate surface area is 90.4 Å². The Morgan fingerprint density at radius 2 is 2.07 bits per heavy atom. The van der Waals surface area contributed by atoms with Crippen molar-refractivity contribution in [3.05, 3.63) is 12.7 Å². The first kappa shape index (κ1) is 14.3. The fourth-order valence-corrected chi connectivity index (χ4v) is 1.82. The molecule has 0 aliphatic rings. The molecule has 0 spiro atoms. The largest absolute Gasteiger partial charge is 0.492 e. The Kier molecular flexibility index (Phi) is 6.42. The fraction of sp³-hybridized carbons (Fsp3) is 0.667. The topological polar surface area (TPSA) is 87.0 Å². The molecule has 0 aromatic heterocycles. The molecule has 0 fully saturated rings. The van der Waals surface area contributed by atoms with E-state index in [1.807, 2.05) is 0 Å². The van der Waals surface area contributed by atoms with Crippen LogP contribution in [-0.2, 0) is 9.53 Å². The second-order valence-electron chi connectivity index (χ2n) is 3.47. The number of unbranched alkanes of at least 4 members (excludes halogenated alkanes) is 1. The van der Waals surface area contributed by atoms with Crippen LogP contribution in [0.25, 0.3) is 0 Å². The number of rotatable bonds is 7. The van der Waals surface area contributed by atoms with Gasteiger partial charge in [-0.05, 0) is 26.2 Å². The average Bonchev–Trinajstić information content (AvgIpc) is 2.11. The first-order chi connectivity index (χ1) is 6.85. The fourth-order valence-electron chi connectivity index (χ4n) is 1.10. The first-order valence-electron chi connectivity index (χ1n) is 4.85. The molecule has 0 aromatic rings. The lowest BCUT2D eigenvalue weighted by Gasteiger charge is -2.12. The second kappa shape index (κ2) is 6.73. The van der Waals surface area contributed by atoms with Crippen molar-refractivity contribution in [3.63, 3.8) is 0 Å². The second-order valence-corrected chi connectivity index (χ2v) is 5.52. The van der Waals surface area contributed by atoms with E-state index in [1.165, 1.54) is 0 Å². The molecule has 0 aliphatic carbocycles. The highest BCUT2D eigenvalue weighted by Crippen LogP contribution is 2.10. The third-order valence-electron chi connectivity index (χ3n) is 1.86. The average molecular weight is 234 g/mol. The van der Waals surface area contributed by atoms with Crippen molar-refractivity contribution in [2.24, 2.45) is 0 Å². The van der Waals surface area contributed by atoms with Gasteiger partial charge in [-0.1, -0.05) is 6.58 Å². The van der Waals surface area contributed by atoms with Gasteiger partial charge in [0, 0.05) is 12.1 Å². The monoisotopic (exact) mass is 234 g/mol. The van der Waals surface area contributed by atoms with Gasteiger partial charge < -0.3 is 19.1 Å². The van der Waals surface area contributed by atoms with E-state index >= 15 is 0 Å². The van der Waals surface area contributed by atoms with E-state index < -0.39 is 14.8 Å². The number of hydrogen-bond acceptors (Lipinski definition) is 5. The molecule has 0 heterocycles. The lowest BCUT2D eigenvalue weighted by molar-refractivity contribution is -0.142. The van der Waals surface area contributed by atoms with Gasteiger partial charge in [0.25, 0.3) is 0 Å². The van der Waals surface area contributed by atoms with Gasteiger partial charge in [0.1, 0.15) is 0 Å². The molecule has 5 nitrogen and oxygen atoms in total. The third-order valence-corrected chi connectivity index (χ3v) is 2.88. The van der Waals surface area contributed by atoms with Crippen molar-refractivity contribution in [1.29, 1.82) is 0 Å². The minimum absolute atomic E-state index is 0.0229. The number of carbonyl (C=O) groups is 1. The van der Waals surface area contributed by atoms with Crippen LogP contribution in [-0.4, -0.2) is 35.3 Å².